The minimum atomic E-state index is -3.76. The first-order chi connectivity index (χ1) is 20.2. The molecule has 43 heavy (non-hydrogen) atoms. The molecule has 2 heterocycles. The van der Waals surface area contributed by atoms with Crippen molar-refractivity contribution in [2.24, 2.45) is 5.92 Å². The molecule has 0 atom stereocenters. The number of sulfonamides is 2. The zero-order valence-electron chi connectivity index (χ0n) is 26.9. The summed E-state index contributed by atoms with van der Waals surface area (Å²) in [6.45, 7) is 16.2. The van der Waals surface area contributed by atoms with Crippen LogP contribution in [0.5, 0.6) is 0 Å². The Labute approximate surface area is 259 Å². The van der Waals surface area contributed by atoms with E-state index in [9.17, 15) is 16.8 Å². The largest absolute Gasteiger partial charge is 0.379 e. The summed E-state index contributed by atoms with van der Waals surface area (Å²) in [5, 5.41) is 0. The highest BCUT2D eigenvalue weighted by atomic mass is 32.2. The molecule has 1 aromatic heterocycles. The van der Waals surface area contributed by atoms with Crippen LogP contribution in [-0.4, -0.2) is 71.2 Å². The number of hydrogen-bond donors (Lipinski definition) is 2. The number of morpholine rings is 1. The highest BCUT2D eigenvalue weighted by molar-refractivity contribution is 7.89. The molecule has 0 amide bonds. The topological polar surface area (TPSA) is 110 Å². The standard InChI is InChI=1S/C32H52N4O5S2/c1-7-32(5,6)34-43(39,40)30-14-13-27(21-28(30)24(2)3)29-22-31(25(4)36(29)23-26-11-9-8-10-12-26)42(37,38)33-15-16-35-17-19-41-20-18-35/h13-14,21-22,24,26,33-34H,7-12,15-20,23H2,1-6H3. The van der Waals surface area contributed by atoms with Gasteiger partial charge in [0, 0.05) is 49.7 Å². The Kier molecular flexibility index (Phi) is 11.2. The van der Waals surface area contributed by atoms with E-state index in [0.717, 1.165) is 43.7 Å². The molecule has 2 fully saturated rings. The second-order valence-electron chi connectivity index (χ2n) is 13.2. The molecular formula is C32H52N4O5S2. The zero-order chi connectivity index (χ0) is 31.4. The van der Waals surface area contributed by atoms with E-state index in [1.54, 1.807) is 12.1 Å². The Morgan fingerprint density at radius 1 is 0.977 bits per heavy atom. The first kappa shape index (κ1) is 34.1. The van der Waals surface area contributed by atoms with Gasteiger partial charge >= 0.3 is 0 Å². The van der Waals surface area contributed by atoms with Crippen molar-refractivity contribution in [2.75, 3.05) is 39.4 Å². The van der Waals surface area contributed by atoms with Crippen molar-refractivity contribution < 1.29 is 21.6 Å². The van der Waals surface area contributed by atoms with Gasteiger partial charge in [-0.25, -0.2) is 26.3 Å². The second-order valence-corrected chi connectivity index (χ2v) is 16.6. The molecule has 0 spiro atoms. The SMILES string of the molecule is CCC(C)(C)NS(=O)(=O)c1ccc(-c2cc(S(=O)(=O)NCCN3CCOCC3)c(C)n2CC2CCCCC2)cc1C(C)C. The molecule has 1 aliphatic heterocycles. The summed E-state index contributed by atoms with van der Waals surface area (Å²) in [5.74, 6) is 0.428. The number of nitrogens with one attached hydrogen (secondary N) is 2. The minimum absolute atomic E-state index is 0.0517. The summed E-state index contributed by atoms with van der Waals surface area (Å²) < 4.78 is 67.6. The van der Waals surface area contributed by atoms with Crippen LogP contribution in [0.3, 0.4) is 0 Å². The average Bonchev–Trinajstić information content (AvgIpc) is 3.29. The third-order valence-corrected chi connectivity index (χ3v) is 12.5. The fourth-order valence-electron chi connectivity index (χ4n) is 6.13. The maximum atomic E-state index is 13.7. The molecular weight excluding hydrogens is 585 g/mol. The summed E-state index contributed by atoms with van der Waals surface area (Å²) in [6, 6.07) is 7.22. The van der Waals surface area contributed by atoms with Crippen LogP contribution in [0.15, 0.2) is 34.1 Å². The lowest BCUT2D eigenvalue weighted by molar-refractivity contribution is 0.0390. The Balaban J connectivity index is 1.72. The lowest BCUT2D eigenvalue weighted by Crippen LogP contribution is -2.43. The van der Waals surface area contributed by atoms with E-state index in [1.165, 1.54) is 19.3 Å². The van der Waals surface area contributed by atoms with Gasteiger partial charge in [0.1, 0.15) is 4.90 Å². The molecule has 1 saturated carbocycles. The van der Waals surface area contributed by atoms with Crippen molar-refractivity contribution in [3.05, 3.63) is 35.5 Å². The van der Waals surface area contributed by atoms with Gasteiger partial charge in [-0.2, -0.15) is 0 Å². The third-order valence-electron chi connectivity index (χ3n) is 9.11. The number of hydrogen-bond acceptors (Lipinski definition) is 6. The summed E-state index contributed by atoms with van der Waals surface area (Å²) in [7, 11) is -7.52. The molecule has 242 valence electrons. The predicted molar refractivity (Wildman–Crippen MR) is 172 cm³/mol. The van der Waals surface area contributed by atoms with E-state index < -0.39 is 25.6 Å². The van der Waals surface area contributed by atoms with E-state index >= 15 is 0 Å². The fraction of sp³-hybridized carbons (Fsp3) is 0.688. The smallest absolute Gasteiger partial charge is 0.242 e. The van der Waals surface area contributed by atoms with Crippen LogP contribution < -0.4 is 9.44 Å². The molecule has 2 N–H and O–H groups in total. The monoisotopic (exact) mass is 636 g/mol. The summed E-state index contributed by atoms with van der Waals surface area (Å²) in [4.78, 5) is 2.76. The zero-order valence-corrected chi connectivity index (χ0v) is 28.5. The fourth-order valence-corrected chi connectivity index (χ4v) is 9.25. The average molecular weight is 637 g/mol. The van der Waals surface area contributed by atoms with Gasteiger partial charge in [0.2, 0.25) is 20.0 Å². The third kappa shape index (κ3) is 8.49. The van der Waals surface area contributed by atoms with E-state index in [1.807, 2.05) is 53.7 Å². The normalized spacial score (nSPS) is 18.0. The lowest BCUT2D eigenvalue weighted by Gasteiger charge is -2.26. The van der Waals surface area contributed by atoms with Crippen molar-refractivity contribution in [2.45, 2.75) is 108 Å². The molecule has 0 unspecified atom stereocenters. The lowest BCUT2D eigenvalue weighted by atomic mass is 9.89. The number of benzene rings is 1. The van der Waals surface area contributed by atoms with Crippen molar-refractivity contribution in [3.63, 3.8) is 0 Å². The quantitative estimate of drug-likeness (QED) is 0.311. The van der Waals surface area contributed by atoms with Gasteiger partial charge in [-0.1, -0.05) is 46.1 Å². The van der Waals surface area contributed by atoms with Gasteiger partial charge in [0.05, 0.1) is 18.1 Å². The summed E-state index contributed by atoms with van der Waals surface area (Å²) in [5.41, 5.74) is 2.49. The van der Waals surface area contributed by atoms with Gasteiger partial charge in [-0.05, 0) is 81.2 Å². The van der Waals surface area contributed by atoms with Crippen LogP contribution in [0, 0.1) is 12.8 Å². The van der Waals surface area contributed by atoms with Crippen LogP contribution in [0.2, 0.25) is 0 Å². The van der Waals surface area contributed by atoms with Gasteiger partial charge in [-0.15, -0.1) is 0 Å². The molecule has 11 heteroatoms. The highest BCUT2D eigenvalue weighted by Crippen LogP contribution is 2.36. The van der Waals surface area contributed by atoms with E-state index in [4.69, 9.17) is 4.74 Å². The molecule has 1 saturated heterocycles. The number of rotatable bonds is 13. The molecule has 0 radical (unpaired) electrons. The van der Waals surface area contributed by atoms with Gasteiger partial charge in [-0.3, -0.25) is 4.90 Å². The Morgan fingerprint density at radius 2 is 1.65 bits per heavy atom. The molecule has 1 aliphatic carbocycles. The summed E-state index contributed by atoms with van der Waals surface area (Å²) >= 11 is 0. The summed E-state index contributed by atoms with van der Waals surface area (Å²) in [6.07, 6.45) is 6.55. The molecule has 2 aromatic rings. The molecule has 1 aromatic carbocycles. The second kappa shape index (κ2) is 14.1. The number of aromatic nitrogens is 1. The number of nitrogens with zero attached hydrogens (tertiary/aromatic N) is 2. The molecule has 0 bridgehead atoms. The van der Waals surface area contributed by atoms with Crippen molar-refractivity contribution in [1.82, 2.24) is 18.9 Å². The van der Waals surface area contributed by atoms with Gasteiger partial charge in [0.15, 0.2) is 0 Å². The van der Waals surface area contributed by atoms with Gasteiger partial charge in [0.25, 0.3) is 0 Å². The molecule has 9 nitrogen and oxygen atoms in total. The number of ether oxygens (including phenoxy) is 1. The highest BCUT2D eigenvalue weighted by Gasteiger charge is 2.29. The minimum Gasteiger partial charge on any atom is -0.379 e. The molecule has 4 rings (SSSR count). The molecule has 2 aliphatic rings. The van der Waals surface area contributed by atoms with Crippen LogP contribution >= 0.6 is 0 Å². The maximum absolute atomic E-state index is 13.7. The van der Waals surface area contributed by atoms with Crippen LogP contribution in [0.4, 0.5) is 0 Å². The maximum Gasteiger partial charge on any atom is 0.242 e. The van der Waals surface area contributed by atoms with Gasteiger partial charge < -0.3 is 9.30 Å². The van der Waals surface area contributed by atoms with Crippen molar-refractivity contribution in [3.8, 4) is 11.3 Å². The van der Waals surface area contributed by atoms with E-state index in [-0.39, 0.29) is 15.7 Å². The van der Waals surface area contributed by atoms with E-state index in [0.29, 0.717) is 49.9 Å². The van der Waals surface area contributed by atoms with Crippen LogP contribution in [0.25, 0.3) is 11.3 Å². The van der Waals surface area contributed by atoms with E-state index in [2.05, 4.69) is 18.9 Å². The van der Waals surface area contributed by atoms with Crippen molar-refractivity contribution in [1.29, 1.82) is 0 Å². The first-order valence-electron chi connectivity index (χ1n) is 15.9. The Bertz CT molecular complexity index is 1450. The predicted octanol–water partition coefficient (Wildman–Crippen LogP) is 5.24. The first-order valence-corrected chi connectivity index (χ1v) is 18.9. The van der Waals surface area contributed by atoms with Crippen LogP contribution in [-0.2, 0) is 31.3 Å². The van der Waals surface area contributed by atoms with Crippen LogP contribution in [0.1, 0.15) is 90.3 Å². The Hall–Kier alpha value is -1.76. The van der Waals surface area contributed by atoms with Crippen molar-refractivity contribution >= 4 is 20.0 Å². The Morgan fingerprint density at radius 3 is 2.28 bits per heavy atom.